The Kier molecular flexibility index (Phi) is 8.03. The quantitative estimate of drug-likeness (QED) is 0.207. The van der Waals surface area contributed by atoms with E-state index in [-0.39, 0.29) is 31.6 Å². The molecule has 168 valence electrons. The number of carbonyl (C=O) groups is 2. The second kappa shape index (κ2) is 10.9. The van der Waals surface area contributed by atoms with E-state index in [0.717, 1.165) is 11.1 Å². The molecule has 7 nitrogen and oxygen atoms in total. The summed E-state index contributed by atoms with van der Waals surface area (Å²) in [4.78, 5) is 36.3. The van der Waals surface area contributed by atoms with Crippen LogP contribution < -0.4 is 10.4 Å². The van der Waals surface area contributed by atoms with Gasteiger partial charge in [-0.05, 0) is 48.2 Å². The van der Waals surface area contributed by atoms with Crippen molar-refractivity contribution in [2.24, 2.45) is 0 Å². The molecule has 8 heteroatoms. The first kappa shape index (κ1) is 23.5. The summed E-state index contributed by atoms with van der Waals surface area (Å²) >= 11 is 5.88. The minimum atomic E-state index is -0.497. The van der Waals surface area contributed by atoms with Gasteiger partial charge in [-0.15, -0.1) is 0 Å². The second-order valence-electron chi connectivity index (χ2n) is 7.20. The van der Waals surface area contributed by atoms with Crippen LogP contribution in [0.3, 0.4) is 0 Å². The lowest BCUT2D eigenvalue weighted by Crippen LogP contribution is -2.14. The van der Waals surface area contributed by atoms with Crippen molar-refractivity contribution >= 4 is 34.5 Å². The summed E-state index contributed by atoms with van der Waals surface area (Å²) in [5.74, 6) is -0.655. The van der Waals surface area contributed by atoms with Crippen molar-refractivity contribution in [3.63, 3.8) is 0 Å². The number of ether oxygens (including phenoxy) is 3. The molecule has 3 rings (SSSR count). The average molecular weight is 459 g/mol. The fourth-order valence-corrected chi connectivity index (χ4v) is 3.28. The molecule has 0 saturated heterocycles. The highest BCUT2D eigenvalue weighted by atomic mass is 35.5. The molecule has 0 aliphatic rings. The predicted molar refractivity (Wildman–Crippen MR) is 119 cm³/mol. The van der Waals surface area contributed by atoms with Gasteiger partial charge in [0.1, 0.15) is 17.9 Å². The van der Waals surface area contributed by atoms with Crippen LogP contribution in [0.1, 0.15) is 23.1 Å². The van der Waals surface area contributed by atoms with Crippen molar-refractivity contribution in [2.75, 3.05) is 20.3 Å². The number of esters is 2. The van der Waals surface area contributed by atoms with Crippen molar-refractivity contribution in [1.82, 2.24) is 0 Å². The van der Waals surface area contributed by atoms with Gasteiger partial charge in [0, 0.05) is 36.1 Å². The molecule has 0 unspecified atom stereocenters. The summed E-state index contributed by atoms with van der Waals surface area (Å²) < 4.78 is 20.8. The molecule has 0 atom stereocenters. The zero-order valence-electron chi connectivity index (χ0n) is 17.8. The lowest BCUT2D eigenvalue weighted by atomic mass is 10.0. The molecule has 3 aromatic rings. The summed E-state index contributed by atoms with van der Waals surface area (Å²) in [5, 5.41) is 1.27. The van der Waals surface area contributed by atoms with E-state index < -0.39 is 17.6 Å². The molecule has 0 aliphatic heterocycles. The Morgan fingerprint density at radius 2 is 1.78 bits per heavy atom. The van der Waals surface area contributed by atoms with Crippen LogP contribution in [-0.4, -0.2) is 32.3 Å². The van der Waals surface area contributed by atoms with E-state index in [1.807, 2.05) is 0 Å². The molecule has 0 amide bonds. The second-order valence-corrected chi connectivity index (χ2v) is 7.63. The fourth-order valence-electron chi connectivity index (χ4n) is 3.16. The van der Waals surface area contributed by atoms with E-state index in [1.54, 1.807) is 37.3 Å². The van der Waals surface area contributed by atoms with Gasteiger partial charge >= 0.3 is 17.6 Å². The number of aryl methyl sites for hydroxylation is 2. The summed E-state index contributed by atoms with van der Waals surface area (Å²) in [5.41, 5.74) is 1.89. The van der Waals surface area contributed by atoms with E-state index in [1.165, 1.54) is 19.2 Å². The molecular weight excluding hydrogens is 436 g/mol. The van der Waals surface area contributed by atoms with Crippen molar-refractivity contribution in [3.05, 3.63) is 74.6 Å². The number of benzene rings is 2. The van der Waals surface area contributed by atoms with Gasteiger partial charge in [-0.2, -0.15) is 0 Å². The monoisotopic (exact) mass is 458 g/mol. The number of fused-ring (bicyclic) bond motifs is 1. The van der Waals surface area contributed by atoms with Gasteiger partial charge in [0.2, 0.25) is 0 Å². The molecule has 32 heavy (non-hydrogen) atoms. The number of methoxy groups -OCH3 is 1. The van der Waals surface area contributed by atoms with Gasteiger partial charge in [-0.3, -0.25) is 9.59 Å². The summed E-state index contributed by atoms with van der Waals surface area (Å²) in [6, 6.07) is 11.5. The van der Waals surface area contributed by atoms with Crippen LogP contribution in [-0.2, 0) is 31.9 Å². The van der Waals surface area contributed by atoms with Gasteiger partial charge in [-0.25, -0.2) is 4.79 Å². The number of rotatable bonds is 9. The van der Waals surface area contributed by atoms with Crippen LogP contribution in [0.15, 0.2) is 51.7 Å². The molecule has 0 aliphatic carbocycles. The maximum absolute atomic E-state index is 12.5. The van der Waals surface area contributed by atoms with Crippen molar-refractivity contribution in [1.29, 1.82) is 0 Å². The molecular formula is C24H23ClO7. The average Bonchev–Trinajstić information content (AvgIpc) is 2.74. The number of hydrogen-bond acceptors (Lipinski definition) is 7. The molecule has 0 bridgehead atoms. The van der Waals surface area contributed by atoms with Gasteiger partial charge in [0.25, 0.3) is 0 Å². The standard InChI is InChI=1S/C24H23ClO7/c1-15-11-23(27)32-21-14-20(31-24(28)12-16-3-6-18(25)7-4-16)17(13-19(15)21)5-8-22(26)30-10-9-29-2/h3-4,6-7,11,13-14H,5,8-10,12H2,1-2H3. The van der Waals surface area contributed by atoms with E-state index in [4.69, 9.17) is 30.2 Å². The number of hydrogen-bond donors (Lipinski definition) is 0. The third-order valence-electron chi connectivity index (χ3n) is 4.77. The van der Waals surface area contributed by atoms with Crippen molar-refractivity contribution < 1.29 is 28.2 Å². The number of halogens is 1. The molecule has 2 aromatic carbocycles. The first-order valence-corrected chi connectivity index (χ1v) is 10.4. The van der Waals surface area contributed by atoms with Crippen LogP contribution in [0.5, 0.6) is 5.75 Å². The molecule has 0 radical (unpaired) electrons. The van der Waals surface area contributed by atoms with Crippen LogP contribution >= 0.6 is 11.6 Å². The van der Waals surface area contributed by atoms with Crippen molar-refractivity contribution in [3.8, 4) is 5.75 Å². The molecule has 0 saturated carbocycles. The SMILES string of the molecule is COCCOC(=O)CCc1cc2c(C)cc(=O)oc2cc1OC(=O)Cc1ccc(Cl)cc1. The smallest absolute Gasteiger partial charge is 0.336 e. The largest absolute Gasteiger partial charge is 0.463 e. The highest BCUT2D eigenvalue weighted by Crippen LogP contribution is 2.29. The Morgan fingerprint density at radius 1 is 1.03 bits per heavy atom. The van der Waals surface area contributed by atoms with Crippen LogP contribution in [0.25, 0.3) is 11.0 Å². The maximum Gasteiger partial charge on any atom is 0.336 e. The lowest BCUT2D eigenvalue weighted by Gasteiger charge is -2.12. The normalized spacial score (nSPS) is 10.8. The Balaban J connectivity index is 1.83. The minimum Gasteiger partial charge on any atom is -0.463 e. The van der Waals surface area contributed by atoms with Crippen LogP contribution in [0.4, 0.5) is 0 Å². The summed E-state index contributed by atoms with van der Waals surface area (Å²) in [7, 11) is 1.52. The van der Waals surface area contributed by atoms with Crippen molar-refractivity contribution in [2.45, 2.75) is 26.2 Å². The Morgan fingerprint density at radius 3 is 2.50 bits per heavy atom. The van der Waals surface area contributed by atoms with E-state index in [2.05, 4.69) is 0 Å². The zero-order valence-corrected chi connectivity index (χ0v) is 18.6. The fraction of sp³-hybridized carbons (Fsp3) is 0.292. The maximum atomic E-state index is 12.5. The third-order valence-corrected chi connectivity index (χ3v) is 5.02. The molecule has 1 heterocycles. The van der Waals surface area contributed by atoms with Crippen LogP contribution in [0, 0.1) is 6.92 Å². The Labute approximate surface area is 189 Å². The molecule has 0 fully saturated rings. The highest BCUT2D eigenvalue weighted by molar-refractivity contribution is 6.30. The van der Waals surface area contributed by atoms with E-state index in [0.29, 0.717) is 28.2 Å². The van der Waals surface area contributed by atoms with Gasteiger partial charge in [0.05, 0.1) is 13.0 Å². The first-order chi connectivity index (χ1) is 15.4. The van der Waals surface area contributed by atoms with Gasteiger partial charge < -0.3 is 18.6 Å². The minimum absolute atomic E-state index is 0.0332. The topological polar surface area (TPSA) is 92.0 Å². The Bertz CT molecular complexity index is 1170. The first-order valence-electron chi connectivity index (χ1n) is 10.0. The molecule has 0 spiro atoms. The number of carbonyl (C=O) groups excluding carboxylic acids is 2. The third kappa shape index (κ3) is 6.42. The van der Waals surface area contributed by atoms with E-state index >= 15 is 0 Å². The summed E-state index contributed by atoms with van der Waals surface area (Å²) in [6.45, 7) is 2.27. The van der Waals surface area contributed by atoms with Gasteiger partial charge in [-0.1, -0.05) is 23.7 Å². The summed E-state index contributed by atoms with van der Waals surface area (Å²) in [6.07, 6.45) is 0.405. The van der Waals surface area contributed by atoms with Gasteiger partial charge in [0.15, 0.2) is 0 Å². The predicted octanol–water partition coefficient (Wildman–Crippen LogP) is 4.03. The highest BCUT2D eigenvalue weighted by Gasteiger charge is 2.16. The van der Waals surface area contributed by atoms with E-state index in [9.17, 15) is 14.4 Å². The molecule has 1 aromatic heterocycles. The lowest BCUT2D eigenvalue weighted by molar-refractivity contribution is -0.144. The van der Waals surface area contributed by atoms with Crippen LogP contribution in [0.2, 0.25) is 5.02 Å². The zero-order chi connectivity index (χ0) is 23.1. The Hall–Kier alpha value is -3.16. The molecule has 0 N–H and O–H groups in total.